The van der Waals surface area contributed by atoms with Crippen molar-refractivity contribution in [2.45, 2.75) is 156 Å². The molecule has 0 unspecified atom stereocenters. The number of hydrogen-bond donors (Lipinski definition) is 0. The van der Waals surface area contributed by atoms with Crippen LogP contribution in [0.25, 0.3) is 0 Å². The van der Waals surface area contributed by atoms with E-state index in [-0.39, 0.29) is 17.0 Å². The molecule has 51 heavy (non-hydrogen) atoms. The Bertz CT molecular complexity index is 1120. The number of hydrogen-bond acceptors (Lipinski definition) is 2. The maximum Gasteiger partial charge on any atom is 0.0716 e. The normalized spacial score (nSPS) is 11.4. The van der Waals surface area contributed by atoms with E-state index >= 15 is 0 Å². The zero-order valence-corrected chi connectivity index (χ0v) is 35.6. The standard InChI is InChI=1S/C47H75NOP.BrH/c1-4-7-10-26-39-50(40-27-11-8-5-2,41-28-12-9-6-3)42-29-18-16-14-13-15-17-25-38-49-43-44-34-36-47(37-35-44)48(45-30-21-19-22-31-45)46-32-23-20-24-33-46;/h19-24,30-37H,4-18,25-29,38-43H2,1-3H3;1H/q+1;/p-1. The number of unbranched alkanes of at least 4 members (excludes halogenated alkanes) is 16. The molecule has 0 saturated heterocycles. The molecule has 0 N–H and O–H groups in total. The van der Waals surface area contributed by atoms with Gasteiger partial charge in [-0.05, 0) is 99.7 Å². The molecule has 2 nitrogen and oxygen atoms in total. The Hall–Kier alpha value is -1.67. The van der Waals surface area contributed by atoms with Gasteiger partial charge in [0, 0.05) is 30.9 Å². The molecule has 4 heteroatoms. The lowest BCUT2D eigenvalue weighted by molar-refractivity contribution is -0.0000112. The number of anilines is 3. The van der Waals surface area contributed by atoms with E-state index in [1.54, 1.807) is 24.6 Å². The summed E-state index contributed by atoms with van der Waals surface area (Å²) in [5.41, 5.74) is 4.74. The van der Waals surface area contributed by atoms with E-state index in [1.165, 1.54) is 151 Å². The van der Waals surface area contributed by atoms with Crippen LogP contribution in [-0.2, 0) is 11.3 Å². The van der Waals surface area contributed by atoms with Gasteiger partial charge >= 0.3 is 0 Å². The molecule has 0 fully saturated rings. The number of halogens is 1. The van der Waals surface area contributed by atoms with Gasteiger partial charge in [-0.3, -0.25) is 0 Å². The molecule has 0 saturated carbocycles. The van der Waals surface area contributed by atoms with Crippen molar-refractivity contribution < 1.29 is 21.7 Å². The van der Waals surface area contributed by atoms with E-state index in [4.69, 9.17) is 4.74 Å². The molecular formula is C47H75BrNOP. The van der Waals surface area contributed by atoms with Crippen molar-refractivity contribution in [3.05, 3.63) is 90.5 Å². The number of para-hydroxylation sites is 2. The molecule has 286 valence electrons. The van der Waals surface area contributed by atoms with Gasteiger partial charge in [0.15, 0.2) is 0 Å². The van der Waals surface area contributed by atoms with Crippen LogP contribution in [0.1, 0.15) is 155 Å². The summed E-state index contributed by atoms with van der Waals surface area (Å²) < 4.78 is 6.09. The highest BCUT2D eigenvalue weighted by atomic mass is 79.9. The van der Waals surface area contributed by atoms with Gasteiger partial charge in [-0.15, -0.1) is 0 Å². The van der Waals surface area contributed by atoms with Crippen LogP contribution in [0.3, 0.4) is 0 Å². The molecule has 0 aliphatic rings. The van der Waals surface area contributed by atoms with Crippen LogP contribution < -0.4 is 21.9 Å². The molecule has 0 amide bonds. The van der Waals surface area contributed by atoms with Crippen LogP contribution in [-0.4, -0.2) is 31.3 Å². The third-order valence-corrected chi connectivity index (χ3v) is 15.7. The van der Waals surface area contributed by atoms with Crippen molar-refractivity contribution in [2.24, 2.45) is 0 Å². The molecule has 0 aliphatic heterocycles. The Morgan fingerprint density at radius 2 is 0.765 bits per heavy atom. The summed E-state index contributed by atoms with van der Waals surface area (Å²) in [4.78, 5) is 2.31. The fourth-order valence-electron chi connectivity index (χ4n) is 7.54. The number of benzene rings is 3. The Morgan fingerprint density at radius 3 is 1.18 bits per heavy atom. The average molecular weight is 781 g/mol. The van der Waals surface area contributed by atoms with Crippen molar-refractivity contribution in [3.8, 4) is 0 Å². The van der Waals surface area contributed by atoms with Crippen molar-refractivity contribution in [3.63, 3.8) is 0 Å². The van der Waals surface area contributed by atoms with Crippen LogP contribution in [0.4, 0.5) is 17.1 Å². The average Bonchev–Trinajstić information content (AvgIpc) is 3.16. The lowest BCUT2D eigenvalue weighted by Gasteiger charge is -2.28. The summed E-state index contributed by atoms with van der Waals surface area (Å²) in [6, 6.07) is 30.1. The second-order valence-electron chi connectivity index (χ2n) is 15.0. The molecule has 3 rings (SSSR count). The topological polar surface area (TPSA) is 12.5 Å². The minimum absolute atomic E-state index is 0. The molecule has 0 bridgehead atoms. The molecular weight excluding hydrogens is 705 g/mol. The third-order valence-electron chi connectivity index (χ3n) is 10.6. The first-order valence-corrected chi connectivity index (χ1v) is 23.7. The second kappa shape index (κ2) is 29.7. The highest BCUT2D eigenvalue weighted by molar-refractivity contribution is 7.75. The van der Waals surface area contributed by atoms with E-state index in [1.807, 2.05) is 0 Å². The fraction of sp³-hybridized carbons (Fsp3) is 0.617. The zero-order valence-electron chi connectivity index (χ0n) is 33.1. The van der Waals surface area contributed by atoms with Crippen LogP contribution in [0.5, 0.6) is 0 Å². The van der Waals surface area contributed by atoms with Gasteiger partial charge in [0.05, 0.1) is 31.3 Å². The molecule has 0 atom stereocenters. The van der Waals surface area contributed by atoms with Gasteiger partial charge in [-0.1, -0.05) is 140 Å². The Kier molecular flexibility index (Phi) is 26.5. The third kappa shape index (κ3) is 19.3. The van der Waals surface area contributed by atoms with E-state index in [0.29, 0.717) is 6.61 Å². The summed E-state index contributed by atoms with van der Waals surface area (Å²) in [6.07, 6.45) is 34.9. The highest BCUT2D eigenvalue weighted by Crippen LogP contribution is 2.61. The second-order valence-corrected chi connectivity index (χ2v) is 19.4. The first kappa shape index (κ1) is 45.5. The number of ether oxygens (including phenoxy) is 1. The zero-order chi connectivity index (χ0) is 35.4. The van der Waals surface area contributed by atoms with Crippen molar-refractivity contribution in [2.75, 3.05) is 36.2 Å². The van der Waals surface area contributed by atoms with E-state index < -0.39 is 7.26 Å². The molecule has 0 aromatic heterocycles. The number of nitrogens with zero attached hydrogens (tertiary/aromatic N) is 1. The lowest BCUT2D eigenvalue weighted by atomic mass is 10.1. The SMILES string of the molecule is CCCCCC[P+](CCCCCC)(CCCCCC)CCCCCCCCCCOCc1ccc(N(c2ccccc2)c2ccccc2)cc1.[Br-]. The smallest absolute Gasteiger partial charge is 0.0716 e. The maximum atomic E-state index is 6.09. The minimum atomic E-state index is -0.765. The van der Waals surface area contributed by atoms with Gasteiger partial charge < -0.3 is 26.6 Å². The van der Waals surface area contributed by atoms with E-state index in [2.05, 4.69) is 111 Å². The van der Waals surface area contributed by atoms with Crippen LogP contribution in [0.15, 0.2) is 84.9 Å². The summed E-state index contributed by atoms with van der Waals surface area (Å²) in [5, 5.41) is 0. The molecule has 3 aromatic carbocycles. The van der Waals surface area contributed by atoms with Crippen molar-refractivity contribution in [1.29, 1.82) is 0 Å². The van der Waals surface area contributed by atoms with Crippen LogP contribution in [0.2, 0.25) is 0 Å². The number of rotatable bonds is 31. The first-order valence-electron chi connectivity index (χ1n) is 21.1. The minimum Gasteiger partial charge on any atom is -1.00 e. The van der Waals surface area contributed by atoms with Gasteiger partial charge in [0.2, 0.25) is 0 Å². The Labute approximate surface area is 327 Å². The summed E-state index contributed by atoms with van der Waals surface area (Å²) in [6.45, 7) is 8.64. The summed E-state index contributed by atoms with van der Waals surface area (Å²) in [5.74, 6) is 0. The molecule has 0 heterocycles. The molecule has 0 radical (unpaired) electrons. The van der Waals surface area contributed by atoms with Gasteiger partial charge in [0.25, 0.3) is 0 Å². The predicted octanol–water partition coefficient (Wildman–Crippen LogP) is 12.6. The molecule has 3 aromatic rings. The van der Waals surface area contributed by atoms with Crippen molar-refractivity contribution in [1.82, 2.24) is 0 Å². The fourth-order valence-corrected chi connectivity index (χ4v) is 12.5. The van der Waals surface area contributed by atoms with Gasteiger partial charge in [0.1, 0.15) is 0 Å². The van der Waals surface area contributed by atoms with E-state index in [9.17, 15) is 0 Å². The van der Waals surface area contributed by atoms with Gasteiger partial charge in [-0.25, -0.2) is 0 Å². The first-order chi connectivity index (χ1) is 24.7. The monoisotopic (exact) mass is 779 g/mol. The lowest BCUT2D eigenvalue weighted by Crippen LogP contribution is -3.00. The predicted molar refractivity (Wildman–Crippen MR) is 227 cm³/mol. The van der Waals surface area contributed by atoms with Gasteiger partial charge in [-0.2, -0.15) is 0 Å². The largest absolute Gasteiger partial charge is 1.00 e. The maximum absolute atomic E-state index is 6.09. The van der Waals surface area contributed by atoms with Crippen molar-refractivity contribution >= 4 is 24.3 Å². The quantitative estimate of drug-likeness (QED) is 0.0476. The summed E-state index contributed by atoms with van der Waals surface area (Å²) >= 11 is 0. The molecule has 0 spiro atoms. The Balaban J connectivity index is 0.00000901. The summed E-state index contributed by atoms with van der Waals surface area (Å²) in [7, 11) is -0.765. The highest BCUT2D eigenvalue weighted by Gasteiger charge is 2.34. The van der Waals surface area contributed by atoms with E-state index in [0.717, 1.165) is 6.61 Å². The molecule has 0 aliphatic carbocycles. The van der Waals surface area contributed by atoms with Crippen LogP contribution >= 0.6 is 7.26 Å². The Morgan fingerprint density at radius 1 is 0.412 bits per heavy atom. The van der Waals surface area contributed by atoms with Crippen LogP contribution in [0, 0.1) is 0 Å².